The van der Waals surface area contributed by atoms with Gasteiger partial charge in [-0.2, -0.15) is 6.42 Å². The van der Waals surface area contributed by atoms with Crippen molar-refractivity contribution in [2.24, 2.45) is 52.5 Å². The van der Waals surface area contributed by atoms with E-state index in [2.05, 4.69) is 154 Å². The number of aliphatic carboxylic acids is 1. The fraction of sp³-hybridized carbons (Fsp3) is 0.789. The smallest absolute Gasteiger partial charge is 1.00 e. The number of hydrogen-bond acceptors (Lipinski definition) is 13. The van der Waals surface area contributed by atoms with Crippen LogP contribution in [-0.4, -0.2) is 154 Å². The number of likely N-dealkylation sites (tertiary alicyclic amines) is 2. The van der Waals surface area contributed by atoms with E-state index in [-0.39, 0.29) is 80.8 Å². The Kier molecular flexibility index (Phi) is 78.5. The van der Waals surface area contributed by atoms with E-state index < -0.39 is 44.8 Å². The van der Waals surface area contributed by atoms with Gasteiger partial charge in [-0.05, 0) is 92.7 Å². The Morgan fingerprint density at radius 1 is 0.698 bits per heavy atom. The van der Waals surface area contributed by atoms with Gasteiger partial charge < -0.3 is 71.2 Å². The van der Waals surface area contributed by atoms with Crippen LogP contribution < -0.4 is 39.9 Å². The van der Waals surface area contributed by atoms with Crippen LogP contribution in [0, 0.1) is 36.5 Å². The topological polar surface area (TPSA) is 320 Å². The number of alkyl halides is 2. The van der Waals surface area contributed by atoms with Crippen LogP contribution in [-0.2, 0) is 61.9 Å². The van der Waals surface area contributed by atoms with E-state index in [0.29, 0.717) is 107 Å². The molecule has 5 amide bonds. The van der Waals surface area contributed by atoms with Crippen molar-refractivity contribution in [3.05, 3.63) is 19.1 Å². The largest absolute Gasteiger partial charge is 2.00 e. The van der Waals surface area contributed by atoms with Gasteiger partial charge in [-0.15, -0.1) is 21.8 Å². The number of halogens is 7. The van der Waals surface area contributed by atoms with Crippen LogP contribution in [0.1, 0.15) is 184 Å². The SMILES string of the molecule is CCCC(CI)CC(=O)Cl.CCCC(CI)CC(=O)O.CCCC1CC(=O)N([C@@H](CC)C(N)=O)C1.CCCC1COC(=O)C1.CCC[C@@H]1CC(=O)N([C@@H](CC)C(N)=O)C1.CC[C@H](N)C(N)=O.C[Si](C)(C)I.O=C1C=CCO1.O=S(Cl)Cl.[Br-].[CH2-]CC.[Mg+2]. The molecule has 9 N–H and O–H groups in total. The molecule has 504 valence electrons. The molecule has 0 aliphatic carbocycles. The number of nitrogens with zero attached hydrogens (tertiary/aromatic N) is 2. The molecule has 3 saturated heterocycles. The second-order valence-corrected chi connectivity index (χ2v) is 39.5. The van der Waals surface area contributed by atoms with E-state index in [4.69, 9.17) is 48.6 Å². The zero-order valence-corrected chi connectivity index (χ0v) is 67.0. The zero-order valence-electron chi connectivity index (χ0n) is 53.5. The third-order valence-corrected chi connectivity index (χ3v) is 14.5. The summed E-state index contributed by atoms with van der Waals surface area (Å²) in [5.74, 6) is 0.262. The second kappa shape index (κ2) is 66.3. The van der Waals surface area contributed by atoms with Crippen molar-refractivity contribution in [2.45, 2.75) is 222 Å². The third-order valence-electron chi connectivity index (χ3n) is 11.8. The molecule has 8 atom stereocenters. The molecule has 4 heterocycles. The summed E-state index contributed by atoms with van der Waals surface area (Å²) < 4.78 is 20.3. The number of primary amides is 3. The van der Waals surface area contributed by atoms with Crippen LogP contribution in [0.5, 0.6) is 0 Å². The summed E-state index contributed by atoms with van der Waals surface area (Å²) >= 11 is 12.3. The summed E-state index contributed by atoms with van der Waals surface area (Å²) in [6.45, 7) is 31.1. The Bertz CT molecular complexity index is 1800. The molecule has 0 aromatic rings. The van der Waals surface area contributed by atoms with E-state index >= 15 is 0 Å². The first-order valence-electron chi connectivity index (χ1n) is 29.1. The predicted octanol–water partition coefficient (Wildman–Crippen LogP) is 8.91. The first-order valence-corrected chi connectivity index (χ1v) is 42.0. The number of nitrogens with two attached hydrogens (primary N) is 4. The van der Waals surface area contributed by atoms with Crippen molar-refractivity contribution in [1.82, 2.24) is 9.80 Å². The average molecular weight is 1740 g/mol. The number of cyclic esters (lactones) is 2. The molecule has 0 bridgehead atoms. The standard InChI is InChI=1S/2C11H20N2O2.C7H12ClIO.C7H13IO2.C7H12O2.C4H10N2O.C4H4O2.C3H9ISi.C3H7.BrH.Cl2OS.Mg/c2*1-3-5-8-6-10(14)13(7-8)9(4-2)11(12)15;1-2-3-6(5-9)4-7(8)10;1-2-3-6(5-8)4-7(9)10;1-2-3-6-4-7(8)9-5-6;1-2-3(5)4(6)7;5-4-2-1-3-6-4;1-5(2,3)4;1-3-2;;1-4(2)3;/h2*8-9H,3-7H2,1-2H3,(H2,12,15);6H,2-5H2,1H3;6H,2-5H2,1H3,(H,9,10);6H,2-5H2,1H3;3H,2,5H2,1H3,(H2,6,7);1-2H,3H2;1-3H3;1,3H2,2H3;1H;;/q;;;;;;;;-1;;;+2/p-1/t8?,9-;8-,9+;;;;3-;;;;;;/m01...0....../s1. The van der Waals surface area contributed by atoms with Crippen molar-refractivity contribution < 1.29 is 78.9 Å². The number of carbonyl (C=O) groups is 9. The number of carboxylic acids is 1. The van der Waals surface area contributed by atoms with Crippen molar-refractivity contribution in [3.8, 4) is 0 Å². The van der Waals surface area contributed by atoms with Crippen molar-refractivity contribution >= 4 is 190 Å². The van der Waals surface area contributed by atoms with Gasteiger partial charge in [-0.1, -0.05) is 159 Å². The maximum Gasteiger partial charge on any atom is 2.00 e. The zero-order chi connectivity index (χ0) is 66.6. The Hall–Kier alpha value is -0.197. The molecular weight excluding hydrogens is 1630 g/mol. The van der Waals surface area contributed by atoms with Gasteiger partial charge in [-0.25, -0.2) is 9.00 Å². The van der Waals surface area contributed by atoms with Crippen LogP contribution in [0.25, 0.3) is 0 Å². The van der Waals surface area contributed by atoms with Crippen LogP contribution >= 0.6 is 99.9 Å². The number of ether oxygens (including phenoxy) is 2. The van der Waals surface area contributed by atoms with Gasteiger partial charge in [0.15, 0.2) is 0 Å². The molecule has 0 saturated carbocycles. The Morgan fingerprint density at radius 3 is 1.26 bits per heavy atom. The molecule has 4 rings (SSSR count). The van der Waals surface area contributed by atoms with Gasteiger partial charge >= 0.3 is 41.0 Å². The number of carbonyl (C=O) groups excluding carboxylic acids is 8. The predicted molar refractivity (Wildman–Crippen MR) is 378 cm³/mol. The fourth-order valence-corrected chi connectivity index (χ4v) is 9.73. The number of rotatable bonds is 24. The summed E-state index contributed by atoms with van der Waals surface area (Å²) in [7, 11) is 7.36. The van der Waals surface area contributed by atoms with Crippen LogP contribution in [0.2, 0.25) is 19.6 Å². The summed E-state index contributed by atoms with van der Waals surface area (Å²) in [6.07, 6.45) is 19.5. The third kappa shape index (κ3) is 66.7. The molecule has 3 fully saturated rings. The van der Waals surface area contributed by atoms with Gasteiger partial charge in [-0.3, -0.25) is 38.4 Å². The van der Waals surface area contributed by atoms with E-state index in [9.17, 15) is 43.2 Å². The molecule has 0 aromatic heterocycles. The minimum absolute atomic E-state index is 0. The summed E-state index contributed by atoms with van der Waals surface area (Å²) in [4.78, 5) is 100. The monoisotopic (exact) mass is 1730 g/mol. The Balaban J connectivity index is -0.000000135. The minimum atomic E-state index is -1.67. The van der Waals surface area contributed by atoms with Crippen LogP contribution in [0.4, 0.5) is 0 Å². The molecule has 4 unspecified atom stereocenters. The van der Waals surface area contributed by atoms with E-state index in [1.807, 2.05) is 27.7 Å². The van der Waals surface area contributed by atoms with Gasteiger partial charge in [0, 0.05) is 81.0 Å². The molecular formula is C57H107BrCl3I3MgN6O13SSi. The van der Waals surface area contributed by atoms with E-state index in [1.54, 1.807) is 15.9 Å². The van der Waals surface area contributed by atoms with Gasteiger partial charge in [0.1, 0.15) is 24.3 Å². The van der Waals surface area contributed by atoms with Crippen molar-refractivity contribution in [1.29, 1.82) is 0 Å². The molecule has 0 radical (unpaired) electrons. The average Bonchev–Trinajstić information content (AvgIpc) is 4.44. The normalized spacial score (nSPS) is 17.6. The maximum atomic E-state index is 11.7. The number of esters is 2. The second-order valence-electron chi connectivity index (χ2n) is 21.0. The van der Waals surface area contributed by atoms with E-state index in [0.717, 1.165) is 79.5 Å². The molecule has 29 heteroatoms. The van der Waals surface area contributed by atoms with Crippen LogP contribution in [0.15, 0.2) is 12.2 Å². The number of hydrogen-bond donors (Lipinski definition) is 5. The molecule has 19 nitrogen and oxygen atoms in total. The van der Waals surface area contributed by atoms with Gasteiger partial charge in [0.25, 0.3) is 0 Å². The van der Waals surface area contributed by atoms with Gasteiger partial charge in [0.2, 0.25) is 44.0 Å². The molecule has 0 spiro atoms. The maximum absolute atomic E-state index is 11.7. The van der Waals surface area contributed by atoms with Crippen molar-refractivity contribution in [3.63, 3.8) is 0 Å². The van der Waals surface area contributed by atoms with Crippen molar-refractivity contribution in [2.75, 3.05) is 35.2 Å². The summed E-state index contributed by atoms with van der Waals surface area (Å²) in [6, 6.07) is -1.27. The quantitative estimate of drug-likeness (QED) is 0.0115. The minimum Gasteiger partial charge on any atom is -1.00 e. The van der Waals surface area contributed by atoms with Crippen LogP contribution in [0.3, 0.4) is 0 Å². The Labute approximate surface area is 601 Å². The van der Waals surface area contributed by atoms with Gasteiger partial charge in [0.05, 0.1) is 19.1 Å². The molecule has 4 aliphatic heterocycles. The Morgan fingerprint density at radius 2 is 1.06 bits per heavy atom. The summed E-state index contributed by atoms with van der Waals surface area (Å²) in [5.41, 5.74) is 19.8. The number of amides is 5. The first-order chi connectivity index (χ1) is 39.1. The van der Waals surface area contributed by atoms with E-state index in [1.165, 1.54) is 6.08 Å². The first kappa shape index (κ1) is 102. The molecule has 86 heavy (non-hydrogen) atoms. The molecule has 0 aromatic carbocycles. The molecule has 4 aliphatic rings. The summed E-state index contributed by atoms with van der Waals surface area (Å²) in [5, 5.41) is 8.24. The number of carboxylic acid groups (broad SMARTS) is 1. The fourth-order valence-electron chi connectivity index (χ4n) is 8.01.